The van der Waals surface area contributed by atoms with Gasteiger partial charge in [0.05, 0.1) is 6.61 Å². The molecule has 0 aromatic heterocycles. The van der Waals surface area contributed by atoms with Crippen LogP contribution in [0.3, 0.4) is 0 Å². The summed E-state index contributed by atoms with van der Waals surface area (Å²) < 4.78 is 5.43. The fraction of sp³-hybridized carbons (Fsp3) is 0.833. The molecule has 4 heteroatoms. The average molecular weight is 244 g/mol. The molecule has 2 atom stereocenters. The van der Waals surface area contributed by atoms with Crippen molar-refractivity contribution >= 4 is 9.39 Å². The summed E-state index contributed by atoms with van der Waals surface area (Å²) in [7, 11) is 4.44. The van der Waals surface area contributed by atoms with Gasteiger partial charge in [0.1, 0.15) is 0 Å². The Kier molecular flexibility index (Phi) is 12.8. The molecule has 0 saturated heterocycles. The first-order valence-electron chi connectivity index (χ1n) is 5.97. The zero-order chi connectivity index (χ0) is 12.1. The molecule has 3 nitrogen and oxygen atoms in total. The van der Waals surface area contributed by atoms with Crippen LogP contribution in [-0.4, -0.2) is 32.8 Å². The minimum absolute atomic E-state index is 0.479. The number of unbranched alkanes of at least 4 members (excludes halogenated alkanes) is 2. The van der Waals surface area contributed by atoms with E-state index in [9.17, 15) is 0 Å². The molecule has 2 N–H and O–H groups in total. The van der Waals surface area contributed by atoms with Crippen LogP contribution >= 0.6 is 9.39 Å². The first kappa shape index (κ1) is 15.9. The summed E-state index contributed by atoms with van der Waals surface area (Å²) in [5, 5.41) is 6.21. The lowest BCUT2D eigenvalue weighted by Gasteiger charge is -2.12. The molecule has 16 heavy (non-hydrogen) atoms. The van der Waals surface area contributed by atoms with Crippen molar-refractivity contribution in [3.8, 4) is 12.3 Å². The van der Waals surface area contributed by atoms with Crippen LogP contribution in [-0.2, 0) is 4.74 Å². The lowest BCUT2D eigenvalue weighted by Crippen LogP contribution is -2.24. The molecule has 0 spiro atoms. The Morgan fingerprint density at radius 3 is 2.75 bits per heavy atom. The van der Waals surface area contributed by atoms with Crippen molar-refractivity contribution in [2.24, 2.45) is 0 Å². The van der Waals surface area contributed by atoms with Gasteiger partial charge in [0.15, 0.2) is 0 Å². The predicted octanol–water partition coefficient (Wildman–Crippen LogP) is 1.55. The van der Waals surface area contributed by atoms with Crippen molar-refractivity contribution in [3.63, 3.8) is 0 Å². The second-order valence-electron chi connectivity index (χ2n) is 3.81. The van der Waals surface area contributed by atoms with Gasteiger partial charge in [-0.3, -0.25) is 5.09 Å². The van der Waals surface area contributed by atoms with Crippen LogP contribution in [0, 0.1) is 12.3 Å². The fourth-order valence-corrected chi connectivity index (χ4v) is 1.61. The van der Waals surface area contributed by atoms with Crippen molar-refractivity contribution in [1.82, 2.24) is 10.4 Å². The van der Waals surface area contributed by atoms with Crippen molar-refractivity contribution in [3.05, 3.63) is 0 Å². The summed E-state index contributed by atoms with van der Waals surface area (Å²) in [4.78, 5) is 0. The highest BCUT2D eigenvalue weighted by molar-refractivity contribution is 7.13. The maximum absolute atomic E-state index is 5.43. The van der Waals surface area contributed by atoms with Gasteiger partial charge < -0.3 is 10.1 Å². The van der Waals surface area contributed by atoms with Crippen molar-refractivity contribution < 1.29 is 4.74 Å². The third kappa shape index (κ3) is 10.4. The topological polar surface area (TPSA) is 33.3 Å². The highest BCUT2D eigenvalue weighted by Crippen LogP contribution is 2.06. The highest BCUT2D eigenvalue weighted by atomic mass is 31.0. The Bertz CT molecular complexity index is 182. The van der Waals surface area contributed by atoms with Crippen molar-refractivity contribution in [2.75, 3.05) is 26.8 Å². The predicted molar refractivity (Wildman–Crippen MR) is 73.3 cm³/mol. The maximum Gasteiger partial charge on any atom is 0.0593 e. The molecule has 0 aliphatic heterocycles. The lowest BCUT2D eigenvalue weighted by atomic mass is 10.1. The molecule has 0 aromatic carbocycles. The second kappa shape index (κ2) is 12.9. The van der Waals surface area contributed by atoms with Crippen LogP contribution in [0.4, 0.5) is 0 Å². The summed E-state index contributed by atoms with van der Waals surface area (Å²) in [5.74, 6) is 2.70. The number of hydrogen-bond acceptors (Lipinski definition) is 3. The van der Waals surface area contributed by atoms with Gasteiger partial charge in [-0.1, -0.05) is 22.2 Å². The van der Waals surface area contributed by atoms with E-state index >= 15 is 0 Å². The van der Waals surface area contributed by atoms with Gasteiger partial charge in [-0.15, -0.1) is 12.3 Å². The Morgan fingerprint density at radius 2 is 2.12 bits per heavy atom. The number of rotatable bonds is 11. The average Bonchev–Trinajstić information content (AvgIpc) is 2.31. The molecular formula is C12H25N2OP. The maximum atomic E-state index is 5.43. The van der Waals surface area contributed by atoms with Crippen LogP contribution in [0.15, 0.2) is 0 Å². The standard InChI is InChI=1S/C12H25N2OP/c1-3-7-12(13-2)8-5-4-6-10-15-11-9-14-16/h1,12-14H,4-11,16H2,2H3. The van der Waals surface area contributed by atoms with E-state index in [1.165, 1.54) is 12.8 Å². The van der Waals surface area contributed by atoms with Crippen molar-refractivity contribution in [2.45, 2.75) is 38.1 Å². The fourth-order valence-electron chi connectivity index (χ4n) is 1.50. The number of ether oxygens (including phenoxy) is 1. The molecular weight excluding hydrogens is 219 g/mol. The van der Waals surface area contributed by atoms with Gasteiger partial charge in [-0.25, -0.2) is 0 Å². The van der Waals surface area contributed by atoms with Crippen LogP contribution in [0.1, 0.15) is 32.1 Å². The van der Waals surface area contributed by atoms with Crippen LogP contribution in [0.2, 0.25) is 0 Å². The number of terminal acetylenes is 1. The van der Waals surface area contributed by atoms with Gasteiger partial charge in [0.25, 0.3) is 0 Å². The van der Waals surface area contributed by atoms with Gasteiger partial charge in [0.2, 0.25) is 0 Å². The van der Waals surface area contributed by atoms with E-state index in [4.69, 9.17) is 11.2 Å². The van der Waals surface area contributed by atoms with Gasteiger partial charge in [0, 0.05) is 25.6 Å². The Balaban J connectivity index is 3.16. The largest absolute Gasteiger partial charge is 0.380 e. The molecule has 0 saturated carbocycles. The summed E-state index contributed by atoms with van der Waals surface area (Å²) in [6.07, 6.45) is 10.9. The smallest absolute Gasteiger partial charge is 0.0593 e. The molecule has 0 rings (SSSR count). The molecule has 0 radical (unpaired) electrons. The molecule has 94 valence electrons. The van der Waals surface area contributed by atoms with E-state index in [1.54, 1.807) is 0 Å². The third-order valence-corrected chi connectivity index (χ3v) is 2.79. The van der Waals surface area contributed by atoms with Crippen molar-refractivity contribution in [1.29, 1.82) is 0 Å². The zero-order valence-corrected chi connectivity index (χ0v) is 11.5. The minimum atomic E-state index is 0.479. The van der Waals surface area contributed by atoms with E-state index in [1.807, 2.05) is 7.05 Å². The highest BCUT2D eigenvalue weighted by Gasteiger charge is 2.02. The Morgan fingerprint density at radius 1 is 1.31 bits per heavy atom. The Labute approximate surface area is 102 Å². The molecule has 0 heterocycles. The van der Waals surface area contributed by atoms with E-state index in [2.05, 4.69) is 25.7 Å². The van der Waals surface area contributed by atoms with Crippen LogP contribution in [0.5, 0.6) is 0 Å². The first-order valence-corrected chi connectivity index (χ1v) is 6.54. The van der Waals surface area contributed by atoms with Gasteiger partial charge >= 0.3 is 0 Å². The minimum Gasteiger partial charge on any atom is -0.380 e. The SMILES string of the molecule is C#CCC(CCCCCOCCNP)NC. The lowest BCUT2D eigenvalue weighted by molar-refractivity contribution is 0.135. The van der Waals surface area contributed by atoms with E-state index < -0.39 is 0 Å². The van der Waals surface area contributed by atoms with Gasteiger partial charge in [-0.05, 0) is 19.9 Å². The zero-order valence-electron chi connectivity index (χ0n) is 10.3. The summed E-state index contributed by atoms with van der Waals surface area (Å²) >= 11 is 0. The van der Waals surface area contributed by atoms with Gasteiger partial charge in [-0.2, -0.15) is 0 Å². The molecule has 0 aromatic rings. The normalized spacial score (nSPS) is 12.3. The first-order chi connectivity index (χ1) is 7.85. The third-order valence-electron chi connectivity index (χ3n) is 2.50. The number of nitrogens with one attached hydrogen (secondary N) is 2. The quantitative estimate of drug-likeness (QED) is 0.329. The summed E-state index contributed by atoms with van der Waals surface area (Å²) in [6, 6.07) is 0.479. The summed E-state index contributed by atoms with van der Waals surface area (Å²) in [5.41, 5.74) is 0. The molecule has 0 amide bonds. The van der Waals surface area contributed by atoms with E-state index in [-0.39, 0.29) is 0 Å². The Hall–Kier alpha value is -0.130. The van der Waals surface area contributed by atoms with E-state index in [0.717, 1.165) is 39.0 Å². The second-order valence-corrected chi connectivity index (χ2v) is 4.22. The number of hydrogen-bond donors (Lipinski definition) is 2. The van der Waals surface area contributed by atoms with Crippen LogP contribution < -0.4 is 10.4 Å². The molecule has 0 bridgehead atoms. The monoisotopic (exact) mass is 244 g/mol. The molecule has 2 unspecified atom stereocenters. The van der Waals surface area contributed by atoms with Crippen LogP contribution in [0.25, 0.3) is 0 Å². The summed E-state index contributed by atoms with van der Waals surface area (Å²) in [6.45, 7) is 2.56. The molecule has 0 fully saturated rings. The molecule has 0 aliphatic rings. The molecule has 0 aliphatic carbocycles. The van der Waals surface area contributed by atoms with E-state index in [0.29, 0.717) is 6.04 Å².